The van der Waals surface area contributed by atoms with Gasteiger partial charge in [0.25, 0.3) is 0 Å². The largest absolute Gasteiger partial charge is 0.381 e. The molecule has 27 heavy (non-hydrogen) atoms. The summed E-state index contributed by atoms with van der Waals surface area (Å²) in [5.74, 6) is 1.70. The van der Waals surface area contributed by atoms with Gasteiger partial charge in [0.15, 0.2) is 5.96 Å². The molecule has 0 aromatic heterocycles. The van der Waals surface area contributed by atoms with E-state index < -0.39 is 0 Å². The molecule has 3 saturated heterocycles. The van der Waals surface area contributed by atoms with Crippen molar-refractivity contribution in [2.75, 3.05) is 65.9 Å². The molecule has 0 spiro atoms. The minimum absolute atomic E-state index is 0. The van der Waals surface area contributed by atoms with Gasteiger partial charge in [0.1, 0.15) is 0 Å². The van der Waals surface area contributed by atoms with Crippen LogP contribution in [0.3, 0.4) is 0 Å². The van der Waals surface area contributed by atoms with E-state index in [1.54, 1.807) is 0 Å². The van der Waals surface area contributed by atoms with Crippen molar-refractivity contribution in [1.82, 2.24) is 15.5 Å². The van der Waals surface area contributed by atoms with Gasteiger partial charge in [0.05, 0.1) is 6.61 Å². The van der Waals surface area contributed by atoms with Crippen LogP contribution in [-0.4, -0.2) is 87.6 Å². The molecule has 0 aromatic rings. The number of guanidine groups is 1. The lowest BCUT2D eigenvalue weighted by Gasteiger charge is -2.37. The van der Waals surface area contributed by atoms with Gasteiger partial charge in [-0.15, -0.1) is 24.0 Å². The Morgan fingerprint density at radius 3 is 2.48 bits per heavy atom. The molecule has 158 valence electrons. The number of hydrogen-bond acceptors (Lipinski definition) is 5. The summed E-state index contributed by atoms with van der Waals surface area (Å²) < 4.78 is 11.3. The van der Waals surface area contributed by atoms with E-state index in [2.05, 4.69) is 26.8 Å². The molecule has 0 bridgehead atoms. The van der Waals surface area contributed by atoms with Crippen LogP contribution in [0.15, 0.2) is 4.99 Å². The Hall–Kier alpha value is 0.230. The van der Waals surface area contributed by atoms with E-state index in [4.69, 9.17) is 9.47 Å². The number of hydrogen-bond donors (Lipinski definition) is 2. The Morgan fingerprint density at radius 2 is 1.89 bits per heavy atom. The molecule has 0 saturated carbocycles. The molecule has 6 nitrogen and oxygen atoms in total. The van der Waals surface area contributed by atoms with Gasteiger partial charge in [-0.05, 0) is 44.3 Å². The molecule has 1 unspecified atom stereocenters. The molecule has 3 rings (SSSR count). The van der Waals surface area contributed by atoms with Gasteiger partial charge in [0, 0.05) is 63.8 Å². The highest BCUT2D eigenvalue weighted by atomic mass is 127. The Kier molecular flexibility index (Phi) is 10.5. The second kappa shape index (κ2) is 12.0. The van der Waals surface area contributed by atoms with E-state index in [0.29, 0.717) is 6.04 Å². The van der Waals surface area contributed by atoms with Crippen LogP contribution in [-0.2, 0) is 9.47 Å². The summed E-state index contributed by atoms with van der Waals surface area (Å²) in [4.78, 5) is 7.07. The first-order chi connectivity index (χ1) is 12.7. The zero-order chi connectivity index (χ0) is 18.2. The number of aliphatic imine (C=N–C) groups is 1. The minimum Gasteiger partial charge on any atom is -0.381 e. The standard InChI is InChI=1S/C19H36N4O2S.HI/c1-20-18(21-15-19(26-2)6-11-24-12-7-19)22-17-3-8-23(9-4-17)13-16-5-10-25-14-16;/h16-17H,3-15H2,1-2H3,(H2,20,21,22);1H. The van der Waals surface area contributed by atoms with Crippen molar-refractivity contribution in [3.05, 3.63) is 0 Å². The summed E-state index contributed by atoms with van der Waals surface area (Å²) in [5, 5.41) is 7.23. The highest BCUT2D eigenvalue weighted by molar-refractivity contribution is 14.0. The smallest absolute Gasteiger partial charge is 0.191 e. The fourth-order valence-corrected chi connectivity index (χ4v) is 4.97. The van der Waals surface area contributed by atoms with Crippen molar-refractivity contribution < 1.29 is 9.47 Å². The molecule has 1 atom stereocenters. The predicted molar refractivity (Wildman–Crippen MR) is 125 cm³/mol. The lowest BCUT2D eigenvalue weighted by molar-refractivity contribution is 0.0782. The highest BCUT2D eigenvalue weighted by Crippen LogP contribution is 2.32. The number of nitrogens with one attached hydrogen (secondary N) is 2. The van der Waals surface area contributed by atoms with Crippen LogP contribution in [0.5, 0.6) is 0 Å². The Morgan fingerprint density at radius 1 is 1.15 bits per heavy atom. The molecule has 3 aliphatic rings. The van der Waals surface area contributed by atoms with Crippen LogP contribution in [0.25, 0.3) is 0 Å². The first-order valence-corrected chi connectivity index (χ1v) is 11.4. The molecule has 0 aliphatic carbocycles. The van der Waals surface area contributed by atoms with Crippen molar-refractivity contribution in [3.63, 3.8) is 0 Å². The lowest BCUT2D eigenvalue weighted by Crippen LogP contribution is -2.52. The zero-order valence-corrected chi connectivity index (χ0v) is 20.0. The molecule has 3 fully saturated rings. The monoisotopic (exact) mass is 512 g/mol. The number of ether oxygens (including phenoxy) is 2. The summed E-state index contributed by atoms with van der Waals surface area (Å²) in [6.07, 6.45) is 8.06. The topological polar surface area (TPSA) is 58.1 Å². The summed E-state index contributed by atoms with van der Waals surface area (Å²) in [6, 6.07) is 0.525. The third-order valence-electron chi connectivity index (χ3n) is 6.11. The predicted octanol–water partition coefficient (Wildman–Crippen LogP) is 2.18. The maximum atomic E-state index is 5.54. The summed E-state index contributed by atoms with van der Waals surface area (Å²) >= 11 is 1.96. The van der Waals surface area contributed by atoms with E-state index in [1.165, 1.54) is 38.9 Å². The van der Waals surface area contributed by atoms with Gasteiger partial charge >= 0.3 is 0 Å². The maximum Gasteiger partial charge on any atom is 0.191 e. The lowest BCUT2D eigenvalue weighted by atomic mass is 9.99. The summed E-state index contributed by atoms with van der Waals surface area (Å²) in [6.45, 7) is 8.17. The molecule has 8 heteroatoms. The molecule has 2 N–H and O–H groups in total. The summed E-state index contributed by atoms with van der Waals surface area (Å²) in [7, 11) is 1.88. The molecule has 3 heterocycles. The van der Waals surface area contributed by atoms with Crippen LogP contribution in [0.4, 0.5) is 0 Å². The van der Waals surface area contributed by atoms with E-state index in [1.807, 2.05) is 18.8 Å². The van der Waals surface area contributed by atoms with Gasteiger partial charge in [-0.1, -0.05) is 0 Å². The van der Waals surface area contributed by atoms with Crippen molar-refractivity contribution in [2.45, 2.75) is 42.9 Å². The third-order valence-corrected chi connectivity index (χ3v) is 7.53. The second-order valence-electron chi connectivity index (χ2n) is 7.87. The van der Waals surface area contributed by atoms with Gasteiger partial charge in [-0.3, -0.25) is 4.99 Å². The van der Waals surface area contributed by atoms with Gasteiger partial charge in [-0.2, -0.15) is 11.8 Å². The Balaban J connectivity index is 0.00000261. The Labute approximate surface area is 186 Å². The van der Waals surface area contributed by atoms with Crippen molar-refractivity contribution in [2.24, 2.45) is 10.9 Å². The number of thioether (sulfide) groups is 1. The fraction of sp³-hybridized carbons (Fsp3) is 0.947. The van der Waals surface area contributed by atoms with Gasteiger partial charge in [-0.25, -0.2) is 0 Å². The minimum atomic E-state index is 0. The zero-order valence-electron chi connectivity index (χ0n) is 16.9. The van der Waals surface area contributed by atoms with E-state index in [9.17, 15) is 0 Å². The van der Waals surface area contributed by atoms with Crippen LogP contribution in [0, 0.1) is 5.92 Å². The number of rotatable bonds is 6. The van der Waals surface area contributed by atoms with Crippen LogP contribution in [0.2, 0.25) is 0 Å². The quantitative estimate of drug-likeness (QED) is 0.324. The number of piperidine rings is 1. The van der Waals surface area contributed by atoms with Crippen LogP contribution in [0.1, 0.15) is 32.1 Å². The van der Waals surface area contributed by atoms with Crippen molar-refractivity contribution >= 4 is 41.7 Å². The third kappa shape index (κ3) is 7.21. The number of nitrogens with zero attached hydrogens (tertiary/aromatic N) is 2. The molecular weight excluding hydrogens is 475 g/mol. The second-order valence-corrected chi connectivity index (χ2v) is 9.15. The van der Waals surface area contributed by atoms with Crippen LogP contribution < -0.4 is 10.6 Å². The number of likely N-dealkylation sites (tertiary alicyclic amines) is 1. The molecular formula is C19H37IN4O2S. The molecule has 0 aromatic carbocycles. The van der Waals surface area contributed by atoms with E-state index in [0.717, 1.165) is 57.7 Å². The summed E-state index contributed by atoms with van der Waals surface area (Å²) in [5.41, 5.74) is 0. The van der Waals surface area contributed by atoms with Crippen molar-refractivity contribution in [1.29, 1.82) is 0 Å². The van der Waals surface area contributed by atoms with E-state index in [-0.39, 0.29) is 28.7 Å². The van der Waals surface area contributed by atoms with Crippen LogP contribution >= 0.6 is 35.7 Å². The van der Waals surface area contributed by atoms with E-state index >= 15 is 0 Å². The average Bonchev–Trinajstić information content (AvgIpc) is 3.20. The fourth-order valence-electron chi connectivity index (χ4n) is 4.18. The normalized spacial score (nSPS) is 27.2. The van der Waals surface area contributed by atoms with Gasteiger partial charge in [0.2, 0.25) is 0 Å². The average molecular weight is 513 g/mol. The highest BCUT2D eigenvalue weighted by Gasteiger charge is 2.32. The molecule has 3 aliphatic heterocycles. The number of halogens is 1. The molecule has 0 radical (unpaired) electrons. The Bertz CT molecular complexity index is 449. The van der Waals surface area contributed by atoms with Crippen molar-refractivity contribution in [3.8, 4) is 0 Å². The molecule has 0 amide bonds. The first kappa shape index (κ1) is 23.5. The first-order valence-electron chi connectivity index (χ1n) is 10.1. The van der Waals surface area contributed by atoms with Gasteiger partial charge < -0.3 is 25.0 Å². The maximum absolute atomic E-state index is 5.54. The SMILES string of the molecule is CN=C(NCC1(SC)CCOCC1)NC1CCN(CC2CCOC2)CC1.I.